The fourth-order valence-electron chi connectivity index (χ4n) is 1.68. The van der Waals surface area contributed by atoms with Crippen LogP contribution < -0.4 is 5.32 Å². The molecule has 1 amide bonds. The lowest BCUT2D eigenvalue weighted by atomic mass is 10.0. The molecule has 0 aliphatic carbocycles. The standard InChI is InChI=1S/C14H17NO3/c1-10(15-11(2)16)9-13-5-3-12(4-6-13)7-8-14(17)18/h3-8,10H,9H2,1-2H3,(H,15,16)(H,17,18). The Balaban J connectivity index is 2.60. The molecule has 1 atom stereocenters. The Morgan fingerprint density at radius 2 is 1.94 bits per heavy atom. The molecule has 4 nitrogen and oxygen atoms in total. The summed E-state index contributed by atoms with van der Waals surface area (Å²) in [6, 6.07) is 7.66. The lowest BCUT2D eigenvalue weighted by Gasteiger charge is -2.12. The SMILES string of the molecule is CC(=O)NC(C)Cc1ccc(C=CC(=O)O)cc1. The first-order valence-corrected chi connectivity index (χ1v) is 5.74. The summed E-state index contributed by atoms with van der Waals surface area (Å²) in [4.78, 5) is 21.2. The molecule has 0 aromatic heterocycles. The van der Waals surface area contributed by atoms with Crippen LogP contribution in [0.4, 0.5) is 0 Å². The number of benzene rings is 1. The topological polar surface area (TPSA) is 66.4 Å². The van der Waals surface area contributed by atoms with Gasteiger partial charge in [-0.25, -0.2) is 4.79 Å². The zero-order chi connectivity index (χ0) is 13.5. The first kappa shape index (κ1) is 14.0. The van der Waals surface area contributed by atoms with Gasteiger partial charge in [0.2, 0.25) is 5.91 Å². The van der Waals surface area contributed by atoms with Crippen molar-refractivity contribution >= 4 is 18.0 Å². The second-order valence-corrected chi connectivity index (χ2v) is 4.22. The van der Waals surface area contributed by atoms with Gasteiger partial charge in [0, 0.05) is 19.0 Å². The third-order valence-corrected chi connectivity index (χ3v) is 2.39. The molecule has 1 unspecified atom stereocenters. The summed E-state index contributed by atoms with van der Waals surface area (Å²) in [5, 5.41) is 11.3. The van der Waals surface area contributed by atoms with Gasteiger partial charge in [-0.3, -0.25) is 4.79 Å². The third-order valence-electron chi connectivity index (χ3n) is 2.39. The van der Waals surface area contributed by atoms with Gasteiger partial charge in [-0.05, 0) is 30.5 Å². The highest BCUT2D eigenvalue weighted by atomic mass is 16.4. The van der Waals surface area contributed by atoms with Gasteiger partial charge in [-0.2, -0.15) is 0 Å². The van der Waals surface area contributed by atoms with E-state index in [1.54, 1.807) is 6.08 Å². The molecule has 0 bridgehead atoms. The van der Waals surface area contributed by atoms with E-state index in [0.717, 1.165) is 23.6 Å². The number of carbonyl (C=O) groups is 2. The Morgan fingerprint density at radius 1 is 1.33 bits per heavy atom. The van der Waals surface area contributed by atoms with E-state index in [1.165, 1.54) is 6.92 Å². The number of aliphatic carboxylic acids is 1. The minimum atomic E-state index is -0.960. The van der Waals surface area contributed by atoms with Crippen molar-refractivity contribution in [3.8, 4) is 0 Å². The molecule has 0 heterocycles. The minimum absolute atomic E-state index is 0.0384. The molecule has 0 aliphatic rings. The number of rotatable bonds is 5. The van der Waals surface area contributed by atoms with Crippen LogP contribution in [0.3, 0.4) is 0 Å². The maximum absolute atomic E-state index is 10.9. The monoisotopic (exact) mass is 247 g/mol. The van der Waals surface area contributed by atoms with Gasteiger partial charge in [-0.1, -0.05) is 24.3 Å². The molecule has 0 radical (unpaired) electrons. The summed E-state index contributed by atoms with van der Waals surface area (Å²) in [6.07, 6.45) is 3.40. The maximum Gasteiger partial charge on any atom is 0.328 e. The molecule has 0 fully saturated rings. The van der Waals surface area contributed by atoms with Crippen LogP contribution in [0.1, 0.15) is 25.0 Å². The molecule has 1 aromatic rings. The molecule has 0 aliphatic heterocycles. The number of carboxylic acid groups (broad SMARTS) is 1. The van der Waals surface area contributed by atoms with Crippen molar-refractivity contribution in [3.63, 3.8) is 0 Å². The summed E-state index contributed by atoms with van der Waals surface area (Å²) >= 11 is 0. The largest absolute Gasteiger partial charge is 0.478 e. The molecule has 1 aromatic carbocycles. The predicted molar refractivity (Wildman–Crippen MR) is 70.1 cm³/mol. The van der Waals surface area contributed by atoms with Gasteiger partial charge in [0.25, 0.3) is 0 Å². The van der Waals surface area contributed by atoms with Gasteiger partial charge in [0.1, 0.15) is 0 Å². The van der Waals surface area contributed by atoms with Crippen molar-refractivity contribution in [3.05, 3.63) is 41.5 Å². The maximum atomic E-state index is 10.9. The second kappa shape index (κ2) is 6.59. The van der Waals surface area contributed by atoms with Crippen LogP contribution in [0.25, 0.3) is 6.08 Å². The Kier molecular flexibility index (Phi) is 5.11. The van der Waals surface area contributed by atoms with Crippen LogP contribution in [-0.2, 0) is 16.0 Å². The summed E-state index contributed by atoms with van der Waals surface area (Å²) < 4.78 is 0. The lowest BCUT2D eigenvalue weighted by molar-refractivity contribution is -0.131. The lowest BCUT2D eigenvalue weighted by Crippen LogP contribution is -2.31. The smallest absolute Gasteiger partial charge is 0.328 e. The van der Waals surface area contributed by atoms with Crippen LogP contribution in [0, 0.1) is 0 Å². The molecule has 2 N–H and O–H groups in total. The van der Waals surface area contributed by atoms with Gasteiger partial charge in [-0.15, -0.1) is 0 Å². The molecular weight excluding hydrogens is 230 g/mol. The molecule has 18 heavy (non-hydrogen) atoms. The fourth-order valence-corrected chi connectivity index (χ4v) is 1.68. The normalized spacial score (nSPS) is 12.3. The van der Waals surface area contributed by atoms with Crippen molar-refractivity contribution < 1.29 is 14.7 Å². The van der Waals surface area contributed by atoms with E-state index < -0.39 is 5.97 Å². The molecule has 0 spiro atoms. The minimum Gasteiger partial charge on any atom is -0.478 e. The molecule has 0 saturated carbocycles. The average Bonchev–Trinajstić information content (AvgIpc) is 2.26. The van der Waals surface area contributed by atoms with E-state index >= 15 is 0 Å². The molecular formula is C14H17NO3. The van der Waals surface area contributed by atoms with E-state index in [0.29, 0.717) is 0 Å². The van der Waals surface area contributed by atoms with E-state index in [9.17, 15) is 9.59 Å². The van der Waals surface area contributed by atoms with E-state index in [1.807, 2.05) is 31.2 Å². The summed E-state index contributed by atoms with van der Waals surface area (Å²) in [5.41, 5.74) is 1.94. The number of hydrogen-bond donors (Lipinski definition) is 2. The van der Waals surface area contributed by atoms with E-state index in [-0.39, 0.29) is 11.9 Å². The Hall–Kier alpha value is -2.10. The van der Waals surface area contributed by atoms with E-state index in [2.05, 4.69) is 5.32 Å². The first-order valence-electron chi connectivity index (χ1n) is 5.74. The molecule has 1 rings (SSSR count). The van der Waals surface area contributed by atoms with Gasteiger partial charge in [0.15, 0.2) is 0 Å². The molecule has 0 saturated heterocycles. The Morgan fingerprint density at radius 3 is 2.44 bits per heavy atom. The number of amides is 1. The highest BCUT2D eigenvalue weighted by molar-refractivity contribution is 5.85. The summed E-state index contributed by atoms with van der Waals surface area (Å²) in [6.45, 7) is 3.44. The fraction of sp³-hybridized carbons (Fsp3) is 0.286. The zero-order valence-corrected chi connectivity index (χ0v) is 10.5. The van der Waals surface area contributed by atoms with E-state index in [4.69, 9.17) is 5.11 Å². The van der Waals surface area contributed by atoms with Crippen molar-refractivity contribution in [1.29, 1.82) is 0 Å². The Labute approximate surface area is 106 Å². The quantitative estimate of drug-likeness (QED) is 0.780. The van der Waals surface area contributed by atoms with Crippen molar-refractivity contribution in [2.45, 2.75) is 26.3 Å². The summed E-state index contributed by atoms with van der Waals surface area (Å²) in [7, 11) is 0. The zero-order valence-electron chi connectivity index (χ0n) is 10.5. The number of hydrogen-bond acceptors (Lipinski definition) is 2. The van der Waals surface area contributed by atoms with Crippen LogP contribution in [0.5, 0.6) is 0 Å². The van der Waals surface area contributed by atoms with Crippen LogP contribution in [-0.4, -0.2) is 23.0 Å². The van der Waals surface area contributed by atoms with Crippen LogP contribution in [0.15, 0.2) is 30.3 Å². The van der Waals surface area contributed by atoms with Crippen molar-refractivity contribution in [1.82, 2.24) is 5.32 Å². The molecule has 4 heteroatoms. The predicted octanol–water partition coefficient (Wildman–Crippen LogP) is 1.85. The summed E-state index contributed by atoms with van der Waals surface area (Å²) in [5.74, 6) is -0.998. The van der Waals surface area contributed by atoms with Crippen molar-refractivity contribution in [2.24, 2.45) is 0 Å². The van der Waals surface area contributed by atoms with Crippen LogP contribution >= 0.6 is 0 Å². The number of carbonyl (C=O) groups excluding carboxylic acids is 1. The highest BCUT2D eigenvalue weighted by Gasteiger charge is 2.04. The number of nitrogens with one attached hydrogen (secondary N) is 1. The number of carboxylic acids is 1. The highest BCUT2D eigenvalue weighted by Crippen LogP contribution is 2.08. The molecule has 96 valence electrons. The van der Waals surface area contributed by atoms with Gasteiger partial charge in [0.05, 0.1) is 0 Å². The van der Waals surface area contributed by atoms with Crippen LogP contribution in [0.2, 0.25) is 0 Å². The van der Waals surface area contributed by atoms with Gasteiger partial charge >= 0.3 is 5.97 Å². The first-order chi connectivity index (χ1) is 8.47. The van der Waals surface area contributed by atoms with Crippen molar-refractivity contribution in [2.75, 3.05) is 0 Å². The average molecular weight is 247 g/mol. The van der Waals surface area contributed by atoms with Gasteiger partial charge < -0.3 is 10.4 Å². The Bertz CT molecular complexity index is 449. The third kappa shape index (κ3) is 5.30. The second-order valence-electron chi connectivity index (χ2n) is 4.22.